The molecule has 0 bridgehead atoms. The highest BCUT2D eigenvalue weighted by atomic mass is 32.1. The molecule has 0 aliphatic carbocycles. The SMILES string of the molecule is O=C(Cc1cscn1)N1CCN(Cc2ccc3c(c2)OCO3)CC1. The molecular formula is C17H19N3O3S. The Bertz CT molecular complexity index is 712. The van der Waals surface area contributed by atoms with Crippen LogP contribution in [0.4, 0.5) is 0 Å². The van der Waals surface area contributed by atoms with Gasteiger partial charge in [0.2, 0.25) is 12.7 Å². The molecule has 2 aliphatic heterocycles. The maximum Gasteiger partial charge on any atom is 0.231 e. The van der Waals surface area contributed by atoms with E-state index in [0.29, 0.717) is 13.2 Å². The third-order valence-electron chi connectivity index (χ3n) is 4.38. The number of hydrogen-bond donors (Lipinski definition) is 0. The number of aromatic nitrogens is 1. The van der Waals surface area contributed by atoms with Gasteiger partial charge in [-0.15, -0.1) is 11.3 Å². The summed E-state index contributed by atoms with van der Waals surface area (Å²) in [7, 11) is 0. The van der Waals surface area contributed by atoms with Gasteiger partial charge in [-0.3, -0.25) is 9.69 Å². The minimum absolute atomic E-state index is 0.170. The number of benzene rings is 1. The first-order chi connectivity index (χ1) is 11.8. The van der Waals surface area contributed by atoms with Crippen molar-refractivity contribution >= 4 is 17.2 Å². The van der Waals surface area contributed by atoms with Crippen LogP contribution in [0.1, 0.15) is 11.3 Å². The number of carbonyl (C=O) groups is 1. The fraction of sp³-hybridized carbons (Fsp3) is 0.412. The summed E-state index contributed by atoms with van der Waals surface area (Å²) >= 11 is 1.53. The van der Waals surface area contributed by atoms with E-state index in [4.69, 9.17) is 9.47 Å². The van der Waals surface area contributed by atoms with Crippen molar-refractivity contribution in [3.63, 3.8) is 0 Å². The zero-order valence-electron chi connectivity index (χ0n) is 13.3. The number of rotatable bonds is 4. The van der Waals surface area contributed by atoms with Gasteiger partial charge in [-0.25, -0.2) is 4.98 Å². The van der Waals surface area contributed by atoms with E-state index in [9.17, 15) is 4.79 Å². The van der Waals surface area contributed by atoms with E-state index in [2.05, 4.69) is 16.0 Å². The average molecular weight is 345 g/mol. The quantitative estimate of drug-likeness (QED) is 0.845. The lowest BCUT2D eigenvalue weighted by Gasteiger charge is -2.34. The Balaban J connectivity index is 1.29. The summed E-state index contributed by atoms with van der Waals surface area (Å²) in [5.74, 6) is 1.81. The van der Waals surface area contributed by atoms with E-state index in [1.165, 1.54) is 16.9 Å². The van der Waals surface area contributed by atoms with Crippen LogP contribution >= 0.6 is 11.3 Å². The topological polar surface area (TPSA) is 54.9 Å². The van der Waals surface area contributed by atoms with Crippen LogP contribution in [0.2, 0.25) is 0 Å². The standard InChI is InChI=1S/C17H19N3O3S/c21-17(8-14-10-24-11-18-14)20-5-3-19(4-6-20)9-13-1-2-15-16(7-13)23-12-22-15/h1-2,7,10-11H,3-6,8-9,12H2. The molecule has 126 valence electrons. The lowest BCUT2D eigenvalue weighted by atomic mass is 10.1. The minimum atomic E-state index is 0.170. The van der Waals surface area contributed by atoms with Crippen LogP contribution in [0.5, 0.6) is 11.5 Å². The van der Waals surface area contributed by atoms with Crippen LogP contribution in [0.25, 0.3) is 0 Å². The molecule has 7 heteroatoms. The number of thiazole rings is 1. The Hall–Kier alpha value is -2.12. The molecule has 6 nitrogen and oxygen atoms in total. The molecule has 1 aromatic carbocycles. The van der Waals surface area contributed by atoms with E-state index in [1.54, 1.807) is 5.51 Å². The number of hydrogen-bond acceptors (Lipinski definition) is 6. The molecule has 0 spiro atoms. The highest BCUT2D eigenvalue weighted by Gasteiger charge is 2.22. The number of ether oxygens (including phenoxy) is 2. The maximum atomic E-state index is 12.3. The van der Waals surface area contributed by atoms with Crippen LogP contribution in [-0.2, 0) is 17.8 Å². The zero-order valence-corrected chi connectivity index (χ0v) is 14.1. The molecular weight excluding hydrogens is 326 g/mol. The normalized spacial score (nSPS) is 17.2. The summed E-state index contributed by atoms with van der Waals surface area (Å²) in [5, 5.41) is 1.94. The van der Waals surface area contributed by atoms with Gasteiger partial charge in [-0.2, -0.15) is 0 Å². The Morgan fingerprint density at radius 3 is 2.79 bits per heavy atom. The van der Waals surface area contributed by atoms with E-state index < -0.39 is 0 Å². The van der Waals surface area contributed by atoms with Crippen molar-refractivity contribution in [3.8, 4) is 11.5 Å². The Morgan fingerprint density at radius 2 is 2.00 bits per heavy atom. The molecule has 2 aliphatic rings. The smallest absolute Gasteiger partial charge is 0.231 e. The third-order valence-corrected chi connectivity index (χ3v) is 5.02. The number of amides is 1. The molecule has 2 aromatic rings. The van der Waals surface area contributed by atoms with Crippen molar-refractivity contribution in [2.75, 3.05) is 33.0 Å². The first-order valence-corrected chi connectivity index (χ1v) is 8.98. The number of piperazine rings is 1. The van der Waals surface area contributed by atoms with Gasteiger partial charge in [-0.1, -0.05) is 6.07 Å². The van der Waals surface area contributed by atoms with Gasteiger partial charge >= 0.3 is 0 Å². The van der Waals surface area contributed by atoms with Crippen LogP contribution in [0.3, 0.4) is 0 Å². The molecule has 1 saturated heterocycles. The first kappa shape index (κ1) is 15.4. The molecule has 0 radical (unpaired) electrons. The van der Waals surface area contributed by atoms with E-state index in [0.717, 1.165) is 49.9 Å². The monoisotopic (exact) mass is 345 g/mol. The second-order valence-corrected chi connectivity index (χ2v) is 6.72. The van der Waals surface area contributed by atoms with E-state index >= 15 is 0 Å². The summed E-state index contributed by atoms with van der Waals surface area (Å²) in [5.41, 5.74) is 3.85. The van der Waals surface area contributed by atoms with Gasteiger partial charge in [0.15, 0.2) is 11.5 Å². The van der Waals surface area contributed by atoms with Crippen molar-refractivity contribution in [2.45, 2.75) is 13.0 Å². The second-order valence-electron chi connectivity index (χ2n) is 6.00. The maximum absolute atomic E-state index is 12.3. The molecule has 3 heterocycles. The number of carbonyl (C=O) groups excluding carboxylic acids is 1. The van der Waals surface area contributed by atoms with Crippen molar-refractivity contribution in [3.05, 3.63) is 40.3 Å². The van der Waals surface area contributed by atoms with Gasteiger partial charge in [-0.05, 0) is 17.7 Å². The molecule has 0 atom stereocenters. The largest absolute Gasteiger partial charge is 0.454 e. The molecule has 1 fully saturated rings. The Morgan fingerprint density at radius 1 is 1.17 bits per heavy atom. The zero-order chi connectivity index (χ0) is 16.4. The fourth-order valence-corrected chi connectivity index (χ4v) is 3.60. The predicted octanol–water partition coefficient (Wildman–Crippen LogP) is 1.76. The van der Waals surface area contributed by atoms with Crippen LogP contribution in [-0.4, -0.2) is 53.7 Å². The lowest BCUT2D eigenvalue weighted by Crippen LogP contribution is -2.48. The lowest BCUT2D eigenvalue weighted by molar-refractivity contribution is -0.132. The van der Waals surface area contributed by atoms with Crippen molar-refractivity contribution in [1.29, 1.82) is 0 Å². The van der Waals surface area contributed by atoms with E-state index in [1.807, 2.05) is 22.4 Å². The fourth-order valence-electron chi connectivity index (χ4n) is 3.04. The van der Waals surface area contributed by atoms with Gasteiger partial charge in [0.1, 0.15) is 0 Å². The molecule has 0 unspecified atom stereocenters. The Labute approximate surface area is 144 Å². The van der Waals surface area contributed by atoms with Crippen molar-refractivity contribution in [2.24, 2.45) is 0 Å². The predicted molar refractivity (Wildman–Crippen MR) is 90.2 cm³/mol. The number of fused-ring (bicyclic) bond motifs is 1. The first-order valence-electron chi connectivity index (χ1n) is 8.04. The molecule has 0 N–H and O–H groups in total. The van der Waals surface area contributed by atoms with Crippen molar-refractivity contribution < 1.29 is 14.3 Å². The summed E-state index contributed by atoms with van der Waals surface area (Å²) in [6.45, 7) is 4.48. The second kappa shape index (κ2) is 6.78. The molecule has 24 heavy (non-hydrogen) atoms. The third kappa shape index (κ3) is 3.37. The summed E-state index contributed by atoms with van der Waals surface area (Å²) in [4.78, 5) is 20.8. The van der Waals surface area contributed by atoms with Gasteiger partial charge < -0.3 is 14.4 Å². The highest BCUT2D eigenvalue weighted by molar-refractivity contribution is 7.07. The van der Waals surface area contributed by atoms with Gasteiger partial charge in [0.25, 0.3) is 0 Å². The summed E-state index contributed by atoms with van der Waals surface area (Å²) in [6, 6.07) is 6.08. The molecule has 4 rings (SSSR count). The van der Waals surface area contributed by atoms with Gasteiger partial charge in [0.05, 0.1) is 17.6 Å². The summed E-state index contributed by atoms with van der Waals surface area (Å²) < 4.78 is 10.8. The number of nitrogens with zero attached hydrogens (tertiary/aromatic N) is 3. The molecule has 0 saturated carbocycles. The van der Waals surface area contributed by atoms with Crippen LogP contribution in [0, 0.1) is 0 Å². The minimum Gasteiger partial charge on any atom is -0.454 e. The highest BCUT2D eigenvalue weighted by Crippen LogP contribution is 2.32. The average Bonchev–Trinajstić information content (AvgIpc) is 3.26. The van der Waals surface area contributed by atoms with Gasteiger partial charge in [0, 0.05) is 38.1 Å². The molecule has 1 amide bonds. The Kier molecular flexibility index (Phi) is 4.36. The molecule has 1 aromatic heterocycles. The van der Waals surface area contributed by atoms with E-state index in [-0.39, 0.29) is 5.91 Å². The van der Waals surface area contributed by atoms with Crippen LogP contribution < -0.4 is 9.47 Å². The summed E-state index contributed by atoms with van der Waals surface area (Å²) in [6.07, 6.45) is 0.408. The van der Waals surface area contributed by atoms with Crippen LogP contribution in [0.15, 0.2) is 29.1 Å². The van der Waals surface area contributed by atoms with Crippen molar-refractivity contribution in [1.82, 2.24) is 14.8 Å².